The van der Waals surface area contributed by atoms with E-state index in [9.17, 15) is 18.0 Å². The molecule has 1 saturated heterocycles. The van der Waals surface area contributed by atoms with Crippen LogP contribution < -0.4 is 0 Å². The van der Waals surface area contributed by atoms with Crippen molar-refractivity contribution in [1.29, 1.82) is 0 Å². The van der Waals surface area contributed by atoms with Gasteiger partial charge in [0.1, 0.15) is 0 Å². The molecule has 0 aliphatic carbocycles. The number of nitrogens with zero attached hydrogens (tertiary/aromatic N) is 1. The third kappa shape index (κ3) is 5.98. The number of esters is 2. The van der Waals surface area contributed by atoms with E-state index in [1.54, 1.807) is 0 Å². The van der Waals surface area contributed by atoms with E-state index in [1.165, 1.54) is 18.5 Å². The number of ether oxygens (including phenoxy) is 3. The molecule has 1 aliphatic rings. The topological polar surface area (TPSA) is 99.2 Å². The van der Waals surface area contributed by atoms with E-state index in [2.05, 4.69) is 9.47 Å². The van der Waals surface area contributed by atoms with Crippen molar-refractivity contribution in [2.75, 3.05) is 39.7 Å². The molecule has 1 heterocycles. The number of rotatable bonds is 7. The highest BCUT2D eigenvalue weighted by Crippen LogP contribution is 2.14. The molecule has 1 unspecified atom stereocenters. The number of methoxy groups -OCH3 is 2. The standard InChI is InChI=1S/C12H21NO7S/c1-18-11(14)4-3-7-21(16,17)13-5-6-20-10(9-13)8-12(15)19-2/h10H,3-9H2,1-2H3. The lowest BCUT2D eigenvalue weighted by Crippen LogP contribution is -2.47. The van der Waals surface area contributed by atoms with Gasteiger partial charge in [-0.2, -0.15) is 4.31 Å². The molecule has 21 heavy (non-hydrogen) atoms. The number of hydrogen-bond donors (Lipinski definition) is 0. The van der Waals surface area contributed by atoms with E-state index >= 15 is 0 Å². The Morgan fingerprint density at radius 1 is 1.24 bits per heavy atom. The predicted molar refractivity (Wildman–Crippen MR) is 73.0 cm³/mol. The molecule has 0 spiro atoms. The summed E-state index contributed by atoms with van der Waals surface area (Å²) < 4.78 is 40.0. The van der Waals surface area contributed by atoms with Crippen LogP contribution in [0.1, 0.15) is 19.3 Å². The smallest absolute Gasteiger partial charge is 0.308 e. The van der Waals surface area contributed by atoms with Gasteiger partial charge in [0.15, 0.2) is 0 Å². The summed E-state index contributed by atoms with van der Waals surface area (Å²) in [4.78, 5) is 22.2. The Morgan fingerprint density at radius 2 is 1.90 bits per heavy atom. The van der Waals surface area contributed by atoms with E-state index < -0.39 is 28.1 Å². The minimum atomic E-state index is -3.47. The van der Waals surface area contributed by atoms with E-state index in [-0.39, 0.29) is 44.7 Å². The molecule has 0 N–H and O–H groups in total. The Labute approximate surface area is 124 Å². The lowest BCUT2D eigenvalue weighted by molar-refractivity contribution is -0.145. The van der Waals surface area contributed by atoms with Crippen molar-refractivity contribution in [2.45, 2.75) is 25.4 Å². The Balaban J connectivity index is 2.49. The van der Waals surface area contributed by atoms with Gasteiger partial charge < -0.3 is 14.2 Å². The van der Waals surface area contributed by atoms with Gasteiger partial charge in [0.25, 0.3) is 0 Å². The quantitative estimate of drug-likeness (QED) is 0.584. The largest absolute Gasteiger partial charge is 0.469 e. The van der Waals surface area contributed by atoms with Crippen LogP contribution in [-0.2, 0) is 33.8 Å². The summed E-state index contributed by atoms with van der Waals surface area (Å²) in [7, 11) is -0.939. The Morgan fingerprint density at radius 3 is 2.52 bits per heavy atom. The lowest BCUT2D eigenvalue weighted by atomic mass is 10.2. The minimum absolute atomic E-state index is 0.0185. The molecule has 0 bridgehead atoms. The zero-order valence-corrected chi connectivity index (χ0v) is 13.1. The molecule has 0 aromatic heterocycles. The molecular formula is C12H21NO7S. The summed E-state index contributed by atoms with van der Waals surface area (Å²) in [5, 5.41) is 0. The van der Waals surface area contributed by atoms with Gasteiger partial charge in [0, 0.05) is 19.5 Å². The van der Waals surface area contributed by atoms with E-state index in [4.69, 9.17) is 4.74 Å². The summed E-state index contributed by atoms with van der Waals surface area (Å²) in [6, 6.07) is 0. The highest BCUT2D eigenvalue weighted by molar-refractivity contribution is 7.89. The van der Waals surface area contributed by atoms with Crippen molar-refractivity contribution in [2.24, 2.45) is 0 Å². The van der Waals surface area contributed by atoms with Gasteiger partial charge in [0.2, 0.25) is 10.0 Å². The highest BCUT2D eigenvalue weighted by atomic mass is 32.2. The number of carbonyl (C=O) groups is 2. The SMILES string of the molecule is COC(=O)CCCS(=O)(=O)N1CCOC(CC(=O)OC)C1. The van der Waals surface area contributed by atoms with E-state index in [0.29, 0.717) is 0 Å². The lowest BCUT2D eigenvalue weighted by Gasteiger charge is -2.31. The summed E-state index contributed by atoms with van der Waals surface area (Å²) in [5.74, 6) is -1.01. The third-order valence-electron chi connectivity index (χ3n) is 3.13. The Hall–Kier alpha value is -1.19. The van der Waals surface area contributed by atoms with Crippen LogP contribution in [0.4, 0.5) is 0 Å². The second-order valence-electron chi connectivity index (χ2n) is 4.63. The Bertz CT molecular complexity index is 462. The number of morpholine rings is 1. The average molecular weight is 323 g/mol. The fourth-order valence-corrected chi connectivity index (χ4v) is 3.48. The first-order valence-corrected chi connectivity index (χ1v) is 8.23. The fraction of sp³-hybridized carbons (Fsp3) is 0.833. The normalized spacial score (nSPS) is 20.0. The van der Waals surface area contributed by atoms with Crippen LogP contribution in [0.2, 0.25) is 0 Å². The highest BCUT2D eigenvalue weighted by Gasteiger charge is 2.30. The number of hydrogen-bond acceptors (Lipinski definition) is 7. The average Bonchev–Trinajstić information content (AvgIpc) is 2.47. The van der Waals surface area contributed by atoms with Crippen LogP contribution in [0.5, 0.6) is 0 Å². The van der Waals surface area contributed by atoms with Crippen molar-refractivity contribution >= 4 is 22.0 Å². The molecule has 9 heteroatoms. The van der Waals surface area contributed by atoms with Crippen molar-refractivity contribution < 1.29 is 32.2 Å². The monoisotopic (exact) mass is 323 g/mol. The second-order valence-corrected chi connectivity index (χ2v) is 6.72. The van der Waals surface area contributed by atoms with Gasteiger partial charge in [-0.15, -0.1) is 0 Å². The van der Waals surface area contributed by atoms with E-state index in [1.807, 2.05) is 0 Å². The Kier molecular flexibility index (Phi) is 7.06. The van der Waals surface area contributed by atoms with Crippen molar-refractivity contribution in [3.8, 4) is 0 Å². The number of sulfonamides is 1. The number of carbonyl (C=O) groups excluding carboxylic acids is 2. The molecule has 0 aromatic rings. The first-order valence-electron chi connectivity index (χ1n) is 6.62. The first-order chi connectivity index (χ1) is 9.89. The second kappa shape index (κ2) is 8.30. The maximum absolute atomic E-state index is 12.2. The fourth-order valence-electron chi connectivity index (χ4n) is 1.97. The maximum Gasteiger partial charge on any atom is 0.308 e. The molecule has 1 rings (SSSR count). The molecule has 8 nitrogen and oxygen atoms in total. The zero-order chi connectivity index (χ0) is 15.9. The molecular weight excluding hydrogens is 302 g/mol. The molecule has 0 radical (unpaired) electrons. The van der Waals surface area contributed by atoms with Crippen LogP contribution in [0.3, 0.4) is 0 Å². The van der Waals surface area contributed by atoms with Crippen LogP contribution in [-0.4, -0.2) is 70.4 Å². The van der Waals surface area contributed by atoms with Crippen LogP contribution in [0.15, 0.2) is 0 Å². The summed E-state index contributed by atoms with van der Waals surface area (Å²) in [6.07, 6.45) is -0.216. The van der Waals surface area contributed by atoms with Gasteiger partial charge in [-0.05, 0) is 6.42 Å². The van der Waals surface area contributed by atoms with Crippen molar-refractivity contribution in [3.05, 3.63) is 0 Å². The molecule has 1 atom stereocenters. The van der Waals surface area contributed by atoms with Gasteiger partial charge in [-0.1, -0.05) is 0 Å². The van der Waals surface area contributed by atoms with Gasteiger partial charge >= 0.3 is 11.9 Å². The van der Waals surface area contributed by atoms with Crippen molar-refractivity contribution in [3.63, 3.8) is 0 Å². The van der Waals surface area contributed by atoms with Crippen molar-refractivity contribution in [1.82, 2.24) is 4.31 Å². The predicted octanol–water partition coefficient (Wildman–Crippen LogP) is -0.467. The zero-order valence-electron chi connectivity index (χ0n) is 12.2. The molecule has 0 amide bonds. The third-order valence-corrected chi connectivity index (χ3v) is 5.05. The molecule has 122 valence electrons. The maximum atomic E-state index is 12.2. The van der Waals surface area contributed by atoms with Crippen LogP contribution >= 0.6 is 0 Å². The van der Waals surface area contributed by atoms with E-state index in [0.717, 1.165) is 0 Å². The van der Waals surface area contributed by atoms with Gasteiger partial charge in [0.05, 0.1) is 39.1 Å². The molecule has 1 aliphatic heterocycles. The molecule has 1 fully saturated rings. The minimum Gasteiger partial charge on any atom is -0.469 e. The van der Waals surface area contributed by atoms with Gasteiger partial charge in [-0.3, -0.25) is 9.59 Å². The summed E-state index contributed by atoms with van der Waals surface area (Å²) in [6.45, 7) is 0.603. The van der Waals surface area contributed by atoms with Crippen LogP contribution in [0.25, 0.3) is 0 Å². The van der Waals surface area contributed by atoms with Crippen LogP contribution in [0, 0.1) is 0 Å². The van der Waals surface area contributed by atoms with Gasteiger partial charge in [-0.25, -0.2) is 8.42 Å². The first kappa shape index (κ1) is 17.9. The summed E-state index contributed by atoms with van der Waals surface area (Å²) >= 11 is 0. The molecule has 0 saturated carbocycles. The molecule has 0 aromatic carbocycles. The summed E-state index contributed by atoms with van der Waals surface area (Å²) in [5.41, 5.74) is 0.